The number of nitrogen functional groups attached to an aromatic ring is 1. The molecule has 2 aromatic rings. The number of aromatic amines is 2. The van der Waals surface area contributed by atoms with Gasteiger partial charge in [-0.15, -0.1) is 0 Å². The van der Waals surface area contributed by atoms with Gasteiger partial charge >= 0.3 is 0 Å². The Hall–Kier alpha value is -1.54. The number of halogens is 2. The van der Waals surface area contributed by atoms with Gasteiger partial charge in [0.15, 0.2) is 5.95 Å². The lowest BCUT2D eigenvalue weighted by molar-refractivity contribution is 0.0953. The van der Waals surface area contributed by atoms with E-state index in [1.807, 2.05) is 0 Å². The number of imidazole rings is 1. The quantitative estimate of drug-likeness (QED) is 0.644. The second-order valence-corrected chi connectivity index (χ2v) is 5.16. The van der Waals surface area contributed by atoms with E-state index in [1.165, 1.54) is 6.20 Å². The number of H-pyrrole nitrogens is 2. The van der Waals surface area contributed by atoms with Gasteiger partial charge in [-0.25, -0.2) is 4.98 Å². The molecule has 0 unspecified atom stereocenters. The third kappa shape index (κ3) is 3.71. The highest BCUT2D eigenvalue weighted by atomic mass is 79.9. The van der Waals surface area contributed by atoms with Crippen molar-refractivity contribution in [1.29, 1.82) is 0 Å². The molecule has 0 fully saturated rings. The first-order valence-corrected chi connectivity index (χ1v) is 6.76. The molecule has 0 spiro atoms. The summed E-state index contributed by atoms with van der Waals surface area (Å²) in [6.07, 6.45) is 1.37. The highest BCUT2D eigenvalue weighted by molar-refractivity contribution is 9.13. The molecule has 100 valence electrons. The maximum Gasteiger partial charge on any atom is 0.268 e. The van der Waals surface area contributed by atoms with E-state index in [4.69, 9.17) is 8.48 Å². The lowest BCUT2D eigenvalue weighted by Gasteiger charge is -1.98. The molecular weight excluding hydrogens is 378 g/mol. The van der Waals surface area contributed by atoms with Gasteiger partial charge in [0.2, 0.25) is 0 Å². The van der Waals surface area contributed by atoms with Crippen LogP contribution < -0.4 is 11.1 Å². The summed E-state index contributed by atoms with van der Waals surface area (Å²) in [4.78, 5) is 21.1. The number of nitrogens with zero attached hydrogens (tertiary/aromatic N) is 1. The third-order valence-corrected chi connectivity index (χ3v) is 3.91. The molecule has 8 heteroatoms. The minimum Gasteiger partial charge on any atom is -0.369 e. The molecule has 2 aromatic heterocycles. The summed E-state index contributed by atoms with van der Waals surface area (Å²) in [7, 11) is 0. The third-order valence-electron chi connectivity index (χ3n) is 2.13. The van der Waals surface area contributed by atoms with E-state index < -0.39 is 0 Å². The van der Waals surface area contributed by atoms with E-state index in [1.54, 1.807) is 6.07 Å². The fraction of sp³-hybridized carbons (Fsp3) is 0.0909. The van der Waals surface area contributed by atoms with Gasteiger partial charge in [0.25, 0.3) is 5.91 Å². The van der Waals surface area contributed by atoms with Crippen LogP contribution in [0.25, 0.3) is 6.05 Å². The molecule has 0 saturated carbocycles. The maximum atomic E-state index is 11.9. The monoisotopic (exact) mass is 389 g/mol. The van der Waals surface area contributed by atoms with Crippen molar-refractivity contribution < 1.29 is 7.54 Å². The fourth-order valence-corrected chi connectivity index (χ4v) is 1.94. The number of carbonyl (C=O) groups excluding carboxylic acids is 1. The largest absolute Gasteiger partial charge is 0.369 e. The topological polar surface area (TPSA) is 99.6 Å². The van der Waals surface area contributed by atoms with Gasteiger partial charge in [-0.3, -0.25) is 4.79 Å². The number of nitrogens with two attached hydrogens (primary N) is 1. The predicted molar refractivity (Wildman–Crippen MR) is 80.6 cm³/mol. The highest BCUT2D eigenvalue weighted by Gasteiger charge is 2.09. The van der Waals surface area contributed by atoms with Crippen LogP contribution in [0.2, 0.25) is 0 Å². The number of amides is 1. The van der Waals surface area contributed by atoms with E-state index in [9.17, 15) is 4.79 Å². The Balaban J connectivity index is 2.03. The van der Waals surface area contributed by atoms with E-state index in [0.29, 0.717) is 16.0 Å². The van der Waals surface area contributed by atoms with Crippen molar-refractivity contribution in [1.82, 2.24) is 20.3 Å². The Morgan fingerprint density at radius 2 is 2.37 bits per heavy atom. The maximum absolute atomic E-state index is 11.9. The second kappa shape index (κ2) is 6.07. The van der Waals surface area contributed by atoms with Crippen LogP contribution in [0, 0.1) is 0 Å². The molecule has 6 nitrogen and oxygen atoms in total. The first-order chi connectivity index (χ1) is 9.88. The smallest absolute Gasteiger partial charge is 0.268 e. The summed E-state index contributed by atoms with van der Waals surface area (Å²) in [5, 5.41) is 2.55. The van der Waals surface area contributed by atoms with Gasteiger partial charge < -0.3 is 21.0 Å². The Kier molecular flexibility index (Phi) is 3.61. The van der Waals surface area contributed by atoms with Crippen molar-refractivity contribution in [3.8, 4) is 0 Å². The molecule has 19 heavy (non-hydrogen) atoms. The summed E-state index contributed by atoms with van der Waals surface area (Å²) in [6.45, 7) is -0.0785. The molecular formula is C11H11Br2N5O. The zero-order valence-corrected chi connectivity index (χ0v) is 12.7. The molecule has 2 heterocycles. The van der Waals surface area contributed by atoms with Crippen molar-refractivity contribution in [2.24, 2.45) is 0 Å². The molecule has 0 aliphatic heterocycles. The van der Waals surface area contributed by atoms with E-state index in [2.05, 4.69) is 52.1 Å². The van der Waals surface area contributed by atoms with Crippen LogP contribution >= 0.6 is 31.9 Å². The number of carbonyl (C=O) groups is 1. The zero-order valence-electron chi connectivity index (χ0n) is 11.6. The molecule has 0 aromatic carbocycles. The van der Waals surface area contributed by atoms with E-state index in [-0.39, 0.29) is 30.5 Å². The van der Waals surface area contributed by atoms with Crippen LogP contribution in [-0.2, 0) is 0 Å². The number of aromatic nitrogens is 3. The van der Waals surface area contributed by atoms with Crippen LogP contribution in [-0.4, -0.2) is 27.4 Å². The number of hydrogen-bond acceptors (Lipinski definition) is 3. The average Bonchev–Trinajstić information content (AvgIpc) is 3.02. The molecule has 0 saturated heterocycles. The van der Waals surface area contributed by atoms with Gasteiger partial charge in [-0.1, -0.05) is 6.05 Å². The van der Waals surface area contributed by atoms with Crippen LogP contribution in [0.15, 0.2) is 27.4 Å². The molecule has 2 rings (SSSR count). The van der Waals surface area contributed by atoms with E-state index in [0.717, 1.165) is 4.47 Å². The molecule has 0 bridgehead atoms. The highest BCUT2D eigenvalue weighted by Crippen LogP contribution is 2.22. The minimum absolute atomic E-state index is 0.0586. The minimum atomic E-state index is -0.372. The lowest BCUT2D eigenvalue weighted by Crippen LogP contribution is -2.23. The van der Waals surface area contributed by atoms with Gasteiger partial charge in [-0.05, 0) is 44.0 Å². The molecule has 1 amide bonds. The van der Waals surface area contributed by atoms with Crippen molar-refractivity contribution in [3.05, 3.63) is 38.8 Å². The average molecular weight is 391 g/mol. The molecule has 0 aliphatic rings. The second-order valence-electron chi connectivity index (χ2n) is 3.51. The first kappa shape index (κ1) is 11.3. The summed E-state index contributed by atoms with van der Waals surface area (Å²) >= 11 is 6.50. The summed E-state index contributed by atoms with van der Waals surface area (Å²) in [6, 6.07) is 1.48. The van der Waals surface area contributed by atoms with Gasteiger partial charge in [0.1, 0.15) is 5.69 Å². The lowest BCUT2D eigenvalue weighted by atomic mass is 10.4. The van der Waals surface area contributed by atoms with Crippen LogP contribution in [0.1, 0.15) is 18.9 Å². The number of anilines is 1. The van der Waals surface area contributed by atoms with Crippen molar-refractivity contribution in [2.75, 3.05) is 12.3 Å². The predicted octanol–water partition coefficient (Wildman–Crippen LogP) is 2.29. The van der Waals surface area contributed by atoms with Crippen molar-refractivity contribution in [3.63, 3.8) is 0 Å². The summed E-state index contributed by atoms with van der Waals surface area (Å²) in [5.41, 5.74) is 6.09. The first-order valence-electron chi connectivity index (χ1n) is 6.18. The van der Waals surface area contributed by atoms with Crippen molar-refractivity contribution >= 4 is 49.8 Å². The molecule has 0 atom stereocenters. The Bertz CT molecular complexity index is 690. The van der Waals surface area contributed by atoms with Gasteiger partial charge in [-0.2, -0.15) is 0 Å². The number of hydrogen-bond donors (Lipinski definition) is 4. The van der Waals surface area contributed by atoms with Crippen molar-refractivity contribution in [2.45, 2.75) is 0 Å². The molecule has 0 radical (unpaired) electrons. The van der Waals surface area contributed by atoms with Gasteiger partial charge in [0.05, 0.1) is 23.7 Å². The summed E-state index contributed by atoms with van der Waals surface area (Å²) in [5.74, 6) is -0.198. The Morgan fingerprint density at radius 1 is 1.58 bits per heavy atom. The standard InChI is InChI=1S/C11H11Br2N5O/c12-7-4-8(18-9(7)13)10(19)15-3-1-2-6-5-16-11(14)17-6/h1-2,4-5,18H,3H2,(H,15,19)(H3,14,16,17)/b2-1-/i1D,2D. The normalized spacial score (nSPS) is 13.6. The SMILES string of the molecule is [2H]/C(CNC(=O)c1cc(Br)c(Br)[nH]1)=C(\[2H])c1cnc(N)[nH]1. The Labute approximate surface area is 128 Å². The summed E-state index contributed by atoms with van der Waals surface area (Å²) < 4.78 is 17.0. The molecule has 0 aliphatic carbocycles. The Morgan fingerprint density at radius 3 is 2.95 bits per heavy atom. The van der Waals surface area contributed by atoms with Crippen LogP contribution in [0.4, 0.5) is 5.95 Å². The number of nitrogens with one attached hydrogen (secondary N) is 3. The number of rotatable bonds is 4. The van der Waals surface area contributed by atoms with Gasteiger partial charge in [0, 0.05) is 6.54 Å². The van der Waals surface area contributed by atoms with Crippen LogP contribution in [0.5, 0.6) is 0 Å². The zero-order chi connectivity index (χ0) is 15.6. The fourth-order valence-electron chi connectivity index (χ4n) is 1.29. The molecule has 5 N–H and O–H groups in total. The van der Waals surface area contributed by atoms with E-state index >= 15 is 0 Å². The van der Waals surface area contributed by atoms with Crippen LogP contribution in [0.3, 0.4) is 0 Å².